The fraction of sp³-hybridized carbons (Fsp3) is 0.118. The summed E-state index contributed by atoms with van der Waals surface area (Å²) < 4.78 is 1.84. The van der Waals surface area contributed by atoms with E-state index in [4.69, 9.17) is 17.3 Å². The van der Waals surface area contributed by atoms with Gasteiger partial charge in [0.2, 0.25) is 0 Å². The van der Waals surface area contributed by atoms with Crippen molar-refractivity contribution in [1.82, 2.24) is 9.78 Å². The van der Waals surface area contributed by atoms with Gasteiger partial charge in [-0.15, -0.1) is 0 Å². The van der Waals surface area contributed by atoms with Crippen LogP contribution in [0.4, 0.5) is 5.69 Å². The number of halogens is 1. The Morgan fingerprint density at radius 3 is 2.62 bits per heavy atom. The van der Waals surface area contributed by atoms with E-state index >= 15 is 0 Å². The molecular formula is C17H16ClN3. The molecule has 4 heteroatoms. The van der Waals surface area contributed by atoms with Crippen LogP contribution in [-0.2, 0) is 6.54 Å². The first kappa shape index (κ1) is 13.7. The summed E-state index contributed by atoms with van der Waals surface area (Å²) in [7, 11) is 0. The number of nitrogen functional groups attached to an aromatic ring is 1. The van der Waals surface area contributed by atoms with Gasteiger partial charge in [-0.1, -0.05) is 53.6 Å². The fourth-order valence-electron chi connectivity index (χ4n) is 2.28. The van der Waals surface area contributed by atoms with Crippen molar-refractivity contribution in [3.63, 3.8) is 0 Å². The van der Waals surface area contributed by atoms with Crippen LogP contribution in [0.3, 0.4) is 0 Å². The average Bonchev–Trinajstić information content (AvgIpc) is 2.80. The molecule has 0 aliphatic rings. The van der Waals surface area contributed by atoms with E-state index in [1.165, 1.54) is 5.56 Å². The third-order valence-corrected chi connectivity index (χ3v) is 3.58. The Labute approximate surface area is 129 Å². The predicted molar refractivity (Wildman–Crippen MR) is 87.4 cm³/mol. The maximum Gasteiger partial charge on any atom is 0.115 e. The molecule has 0 aliphatic carbocycles. The van der Waals surface area contributed by atoms with Gasteiger partial charge in [-0.05, 0) is 24.6 Å². The summed E-state index contributed by atoms with van der Waals surface area (Å²) in [5, 5.41) is 5.31. The lowest BCUT2D eigenvalue weighted by atomic mass is 10.1. The number of anilines is 1. The monoisotopic (exact) mass is 297 g/mol. The minimum Gasteiger partial charge on any atom is -0.396 e. The molecule has 3 aromatic rings. The van der Waals surface area contributed by atoms with Crippen LogP contribution in [0.25, 0.3) is 11.3 Å². The van der Waals surface area contributed by atoms with E-state index in [1.807, 2.05) is 47.3 Å². The van der Waals surface area contributed by atoms with Gasteiger partial charge in [-0.3, -0.25) is 4.68 Å². The topological polar surface area (TPSA) is 43.8 Å². The van der Waals surface area contributed by atoms with Gasteiger partial charge in [0.1, 0.15) is 5.69 Å². The molecule has 0 aliphatic heterocycles. The van der Waals surface area contributed by atoms with Gasteiger partial charge in [0.15, 0.2) is 0 Å². The molecule has 0 saturated heterocycles. The molecule has 2 aromatic carbocycles. The van der Waals surface area contributed by atoms with Gasteiger partial charge in [-0.25, -0.2) is 0 Å². The van der Waals surface area contributed by atoms with Crippen LogP contribution >= 0.6 is 11.6 Å². The Bertz CT molecular complexity index is 760. The van der Waals surface area contributed by atoms with Crippen LogP contribution in [0.5, 0.6) is 0 Å². The maximum absolute atomic E-state index is 6.09. The molecule has 3 nitrogen and oxygen atoms in total. The zero-order chi connectivity index (χ0) is 14.8. The normalized spacial score (nSPS) is 10.8. The Balaban J connectivity index is 1.89. The second kappa shape index (κ2) is 5.62. The molecule has 0 unspecified atom stereocenters. The zero-order valence-corrected chi connectivity index (χ0v) is 12.5. The summed E-state index contributed by atoms with van der Waals surface area (Å²) in [5.74, 6) is 0. The number of nitrogens with zero attached hydrogens (tertiary/aromatic N) is 2. The van der Waals surface area contributed by atoms with E-state index in [0.717, 1.165) is 21.8 Å². The number of nitrogens with two attached hydrogens (primary N) is 1. The van der Waals surface area contributed by atoms with E-state index < -0.39 is 0 Å². The van der Waals surface area contributed by atoms with Gasteiger partial charge < -0.3 is 5.73 Å². The fourth-order valence-corrected chi connectivity index (χ4v) is 2.49. The number of hydrogen-bond acceptors (Lipinski definition) is 2. The molecule has 21 heavy (non-hydrogen) atoms. The molecule has 0 spiro atoms. The molecule has 1 aromatic heterocycles. The summed E-state index contributed by atoms with van der Waals surface area (Å²) in [4.78, 5) is 0. The Kier molecular flexibility index (Phi) is 3.67. The molecule has 3 rings (SSSR count). The first-order valence-electron chi connectivity index (χ1n) is 6.76. The molecule has 1 heterocycles. The summed E-state index contributed by atoms with van der Waals surface area (Å²) in [5.41, 5.74) is 10.9. The minimum absolute atomic E-state index is 0.649. The van der Waals surface area contributed by atoms with Crippen molar-refractivity contribution in [2.24, 2.45) is 0 Å². The predicted octanol–water partition coefficient (Wildman–Crippen LogP) is 4.14. The SMILES string of the molecule is Cc1ccc(-c2nn(Cc3cccc(Cl)c3)cc2N)cc1. The first-order valence-corrected chi connectivity index (χ1v) is 7.14. The van der Waals surface area contributed by atoms with Crippen LogP contribution in [0, 0.1) is 6.92 Å². The maximum atomic E-state index is 6.09. The molecule has 0 fully saturated rings. The quantitative estimate of drug-likeness (QED) is 0.789. The van der Waals surface area contributed by atoms with Gasteiger partial charge in [0, 0.05) is 16.8 Å². The van der Waals surface area contributed by atoms with Gasteiger partial charge in [-0.2, -0.15) is 5.10 Å². The van der Waals surface area contributed by atoms with Crippen molar-refractivity contribution in [2.45, 2.75) is 13.5 Å². The Hall–Kier alpha value is -2.26. The summed E-state index contributed by atoms with van der Waals surface area (Å²) >= 11 is 6.00. The van der Waals surface area contributed by atoms with Crippen molar-refractivity contribution >= 4 is 17.3 Å². The van der Waals surface area contributed by atoms with Crippen LogP contribution < -0.4 is 5.73 Å². The van der Waals surface area contributed by atoms with Crippen molar-refractivity contribution in [3.05, 3.63) is 70.9 Å². The van der Waals surface area contributed by atoms with Crippen LogP contribution in [0.1, 0.15) is 11.1 Å². The highest BCUT2D eigenvalue weighted by molar-refractivity contribution is 6.30. The number of rotatable bonds is 3. The van der Waals surface area contributed by atoms with E-state index in [1.54, 1.807) is 0 Å². The van der Waals surface area contributed by atoms with E-state index in [9.17, 15) is 0 Å². The Morgan fingerprint density at radius 1 is 1.14 bits per heavy atom. The number of benzene rings is 2. The lowest BCUT2D eigenvalue weighted by molar-refractivity contribution is 0.689. The molecule has 106 valence electrons. The lowest BCUT2D eigenvalue weighted by Crippen LogP contribution is -2.00. The van der Waals surface area contributed by atoms with Gasteiger partial charge in [0.25, 0.3) is 0 Å². The molecule has 0 amide bonds. The summed E-state index contributed by atoms with van der Waals surface area (Å²) in [6.07, 6.45) is 1.86. The largest absolute Gasteiger partial charge is 0.396 e. The number of aromatic nitrogens is 2. The van der Waals surface area contributed by atoms with E-state index in [0.29, 0.717) is 12.2 Å². The second-order valence-electron chi connectivity index (χ2n) is 5.13. The second-order valence-corrected chi connectivity index (χ2v) is 5.56. The highest BCUT2D eigenvalue weighted by atomic mass is 35.5. The van der Waals surface area contributed by atoms with Crippen LogP contribution in [-0.4, -0.2) is 9.78 Å². The molecular weight excluding hydrogens is 282 g/mol. The third-order valence-electron chi connectivity index (χ3n) is 3.35. The van der Waals surface area contributed by atoms with Gasteiger partial charge in [0.05, 0.1) is 12.2 Å². The van der Waals surface area contributed by atoms with Crippen LogP contribution in [0.2, 0.25) is 5.02 Å². The highest BCUT2D eigenvalue weighted by Crippen LogP contribution is 2.24. The average molecular weight is 298 g/mol. The van der Waals surface area contributed by atoms with Crippen molar-refractivity contribution in [1.29, 1.82) is 0 Å². The molecule has 0 atom stereocenters. The highest BCUT2D eigenvalue weighted by Gasteiger charge is 2.08. The number of hydrogen-bond donors (Lipinski definition) is 1. The molecule has 0 radical (unpaired) electrons. The van der Waals surface area contributed by atoms with Crippen molar-refractivity contribution in [2.75, 3.05) is 5.73 Å². The summed E-state index contributed by atoms with van der Waals surface area (Å²) in [6.45, 7) is 2.71. The van der Waals surface area contributed by atoms with Gasteiger partial charge >= 0.3 is 0 Å². The standard InChI is InChI=1S/C17H16ClN3/c1-12-5-7-14(8-6-12)17-16(19)11-21(20-17)10-13-3-2-4-15(18)9-13/h2-9,11H,10,19H2,1H3. The third kappa shape index (κ3) is 3.09. The first-order chi connectivity index (χ1) is 10.1. The molecule has 0 bridgehead atoms. The van der Waals surface area contributed by atoms with Crippen LogP contribution in [0.15, 0.2) is 54.7 Å². The smallest absolute Gasteiger partial charge is 0.115 e. The lowest BCUT2D eigenvalue weighted by Gasteiger charge is -2.02. The zero-order valence-electron chi connectivity index (χ0n) is 11.8. The van der Waals surface area contributed by atoms with Crippen molar-refractivity contribution < 1.29 is 0 Å². The minimum atomic E-state index is 0.649. The van der Waals surface area contributed by atoms with E-state index in [2.05, 4.69) is 24.2 Å². The van der Waals surface area contributed by atoms with E-state index in [-0.39, 0.29) is 0 Å². The van der Waals surface area contributed by atoms with Crippen molar-refractivity contribution in [3.8, 4) is 11.3 Å². The Morgan fingerprint density at radius 2 is 1.90 bits per heavy atom. The molecule has 0 saturated carbocycles. The number of aryl methyl sites for hydroxylation is 1. The molecule has 2 N–H and O–H groups in total. The summed E-state index contributed by atoms with van der Waals surface area (Å²) in [6, 6.07) is 16.0.